The number of hydrogen-bond acceptors (Lipinski definition) is 1. The van der Waals surface area contributed by atoms with Crippen molar-refractivity contribution in [2.45, 2.75) is 6.92 Å². The number of imidazole rings is 1. The number of nitrogens with zero attached hydrogens (tertiary/aromatic N) is 2. The van der Waals surface area contributed by atoms with Crippen LogP contribution in [-0.2, 0) is 0 Å². The lowest BCUT2D eigenvalue weighted by Gasteiger charge is -1.89. The highest BCUT2D eigenvalue weighted by Crippen LogP contribution is 2.09. The topological polar surface area (TPSA) is 17.8 Å². The maximum atomic E-state index is 4.20. The highest BCUT2D eigenvalue weighted by atomic mass is 15.0. The van der Waals surface area contributed by atoms with Crippen LogP contribution in [0.1, 0.15) is 6.92 Å². The fourth-order valence-electron chi connectivity index (χ4n) is 1.17. The smallest absolute Gasteiger partial charge is 0.108 e. The van der Waals surface area contributed by atoms with Crippen molar-refractivity contribution >= 4 is 11.0 Å². The van der Waals surface area contributed by atoms with Crippen LogP contribution in [0.5, 0.6) is 0 Å². The monoisotopic (exact) mass is 156 g/mol. The first kappa shape index (κ1) is 6.93. The van der Waals surface area contributed by atoms with E-state index in [0.29, 0.717) is 0 Å². The van der Waals surface area contributed by atoms with Gasteiger partial charge in [-0.15, -0.1) is 0 Å². The first-order valence-electron chi connectivity index (χ1n) is 3.76. The largest absolute Gasteiger partial charge is 0.257 e. The van der Waals surface area contributed by atoms with Crippen LogP contribution in [0.15, 0.2) is 30.6 Å². The maximum absolute atomic E-state index is 4.20. The van der Waals surface area contributed by atoms with Crippen molar-refractivity contribution in [1.82, 2.24) is 9.55 Å². The molecular weight excluding hydrogens is 148 g/mol. The average molecular weight is 156 g/mol. The molecule has 0 saturated heterocycles. The van der Waals surface area contributed by atoms with Crippen LogP contribution in [0, 0.1) is 12.0 Å². The van der Waals surface area contributed by atoms with Gasteiger partial charge in [0.25, 0.3) is 0 Å². The van der Waals surface area contributed by atoms with Crippen LogP contribution in [0.4, 0.5) is 0 Å². The predicted octanol–water partition coefficient (Wildman–Crippen LogP) is 1.87. The molecule has 0 radical (unpaired) electrons. The van der Waals surface area contributed by atoms with Crippen molar-refractivity contribution in [1.29, 1.82) is 0 Å². The molecule has 0 saturated carbocycles. The van der Waals surface area contributed by atoms with Crippen LogP contribution < -0.4 is 0 Å². The molecule has 0 bridgehead atoms. The second-order valence-electron chi connectivity index (χ2n) is 2.47. The Morgan fingerprint density at radius 2 is 2.17 bits per heavy atom. The molecule has 2 rings (SSSR count). The molecule has 1 aromatic carbocycles. The lowest BCUT2D eigenvalue weighted by atomic mass is 10.3. The molecule has 0 N–H and O–H groups in total. The van der Waals surface area contributed by atoms with Crippen molar-refractivity contribution in [3.05, 3.63) is 30.6 Å². The Hall–Kier alpha value is -1.75. The number of hydrogen-bond donors (Lipinski definition) is 0. The van der Waals surface area contributed by atoms with Gasteiger partial charge in [0.1, 0.15) is 6.33 Å². The Morgan fingerprint density at radius 1 is 1.33 bits per heavy atom. The minimum Gasteiger partial charge on any atom is -0.257 e. The molecule has 1 aromatic heterocycles. The second kappa shape index (κ2) is 2.71. The zero-order chi connectivity index (χ0) is 8.39. The molecule has 2 heteroatoms. The van der Waals surface area contributed by atoms with Gasteiger partial charge in [-0.25, -0.2) is 4.98 Å². The van der Waals surface area contributed by atoms with E-state index in [9.17, 15) is 0 Å². The Balaban J connectivity index is 2.76. The molecule has 2 aromatic rings. The Kier molecular flexibility index (Phi) is 1.56. The third kappa shape index (κ3) is 0.960. The van der Waals surface area contributed by atoms with E-state index in [2.05, 4.69) is 16.9 Å². The van der Waals surface area contributed by atoms with Gasteiger partial charge in [-0.2, -0.15) is 0 Å². The zero-order valence-electron chi connectivity index (χ0n) is 6.78. The van der Waals surface area contributed by atoms with E-state index in [1.54, 1.807) is 6.33 Å². The molecule has 0 aliphatic heterocycles. The number of fused-ring (bicyclic) bond motifs is 1. The molecule has 0 fully saturated rings. The predicted molar refractivity (Wildman–Crippen MR) is 48.6 cm³/mol. The summed E-state index contributed by atoms with van der Waals surface area (Å²) in [6.45, 7) is 1.81. The lowest BCUT2D eigenvalue weighted by Crippen LogP contribution is -1.83. The van der Waals surface area contributed by atoms with Crippen molar-refractivity contribution in [2.75, 3.05) is 0 Å². The van der Waals surface area contributed by atoms with E-state index >= 15 is 0 Å². The van der Waals surface area contributed by atoms with Gasteiger partial charge in [-0.05, 0) is 19.1 Å². The van der Waals surface area contributed by atoms with E-state index in [1.165, 1.54) is 0 Å². The second-order valence-corrected chi connectivity index (χ2v) is 2.47. The summed E-state index contributed by atoms with van der Waals surface area (Å²) < 4.78 is 1.83. The molecule has 2 nitrogen and oxygen atoms in total. The van der Waals surface area contributed by atoms with Crippen LogP contribution in [0.3, 0.4) is 0 Å². The first-order valence-corrected chi connectivity index (χ1v) is 3.76. The Morgan fingerprint density at radius 3 is 3.00 bits per heavy atom. The third-order valence-electron chi connectivity index (χ3n) is 1.69. The lowest BCUT2D eigenvalue weighted by molar-refractivity contribution is 1.15. The van der Waals surface area contributed by atoms with Gasteiger partial charge in [-0.1, -0.05) is 18.1 Å². The highest BCUT2D eigenvalue weighted by Gasteiger charge is 1.96. The highest BCUT2D eigenvalue weighted by molar-refractivity contribution is 5.75. The Labute approximate surface area is 70.8 Å². The summed E-state index contributed by atoms with van der Waals surface area (Å²) in [4.78, 5) is 4.20. The third-order valence-corrected chi connectivity index (χ3v) is 1.69. The normalized spacial score (nSPS) is 9.42. The van der Waals surface area contributed by atoms with Crippen molar-refractivity contribution < 1.29 is 0 Å². The number of aromatic nitrogens is 2. The van der Waals surface area contributed by atoms with Crippen LogP contribution in [0.25, 0.3) is 11.0 Å². The molecule has 58 valence electrons. The number of rotatable bonds is 0. The molecule has 1 heterocycles. The summed E-state index contributed by atoms with van der Waals surface area (Å²) in [5.41, 5.74) is 2.05. The standard InChI is InChI=1S/C10H8N2/c1-2-7-12-8-11-9-5-3-4-6-10(9)12/h3-6,8H,1H3. The molecule has 0 unspecified atom stereocenters. The van der Waals surface area contributed by atoms with Crippen molar-refractivity contribution in [3.63, 3.8) is 0 Å². The minimum atomic E-state index is 0.986. The quantitative estimate of drug-likeness (QED) is 0.532. The fraction of sp³-hybridized carbons (Fsp3) is 0.100. The summed E-state index contributed by atoms with van der Waals surface area (Å²) in [6, 6.07) is 10.9. The van der Waals surface area contributed by atoms with Crippen LogP contribution in [-0.4, -0.2) is 9.55 Å². The van der Waals surface area contributed by atoms with Gasteiger partial charge in [-0.3, -0.25) is 4.57 Å². The first-order chi connectivity index (χ1) is 5.92. The van der Waals surface area contributed by atoms with Gasteiger partial charge in [0.2, 0.25) is 0 Å². The summed E-state index contributed by atoms with van der Waals surface area (Å²) in [6.07, 6.45) is 1.74. The van der Waals surface area contributed by atoms with Crippen molar-refractivity contribution in [3.8, 4) is 12.0 Å². The fourth-order valence-corrected chi connectivity index (χ4v) is 1.17. The zero-order valence-corrected chi connectivity index (χ0v) is 6.78. The maximum Gasteiger partial charge on any atom is 0.108 e. The number of benzene rings is 1. The number of para-hydroxylation sites is 2. The van der Waals surface area contributed by atoms with Crippen LogP contribution >= 0.6 is 0 Å². The van der Waals surface area contributed by atoms with E-state index in [1.807, 2.05) is 35.8 Å². The SMILES string of the molecule is CC#Cn1cnc2ccccc21. The average Bonchev–Trinajstić information content (AvgIpc) is 2.50. The van der Waals surface area contributed by atoms with E-state index in [-0.39, 0.29) is 0 Å². The Bertz CT molecular complexity index is 457. The van der Waals surface area contributed by atoms with Gasteiger partial charge < -0.3 is 0 Å². The van der Waals surface area contributed by atoms with E-state index in [0.717, 1.165) is 11.0 Å². The van der Waals surface area contributed by atoms with Gasteiger partial charge in [0, 0.05) is 6.04 Å². The molecular formula is C10H8N2. The van der Waals surface area contributed by atoms with E-state index in [4.69, 9.17) is 0 Å². The van der Waals surface area contributed by atoms with Gasteiger partial charge >= 0.3 is 0 Å². The summed E-state index contributed by atoms with van der Waals surface area (Å²) in [7, 11) is 0. The van der Waals surface area contributed by atoms with Crippen molar-refractivity contribution in [2.24, 2.45) is 0 Å². The van der Waals surface area contributed by atoms with Gasteiger partial charge in [0.05, 0.1) is 11.0 Å². The van der Waals surface area contributed by atoms with Crippen LogP contribution in [0.2, 0.25) is 0 Å². The molecule has 0 spiro atoms. The molecule has 0 aliphatic carbocycles. The van der Waals surface area contributed by atoms with E-state index < -0.39 is 0 Å². The summed E-state index contributed by atoms with van der Waals surface area (Å²) >= 11 is 0. The molecule has 0 amide bonds. The minimum absolute atomic E-state index is 0.986. The summed E-state index contributed by atoms with van der Waals surface area (Å²) in [5.74, 6) is 2.84. The molecule has 12 heavy (non-hydrogen) atoms. The van der Waals surface area contributed by atoms with Gasteiger partial charge in [0.15, 0.2) is 0 Å². The molecule has 0 aliphatic rings. The summed E-state index contributed by atoms with van der Waals surface area (Å²) in [5, 5.41) is 0. The molecule has 0 atom stereocenters.